The molecule has 2 bridgehead atoms. The van der Waals surface area contributed by atoms with Crippen molar-refractivity contribution in [2.45, 2.75) is 18.5 Å². The van der Waals surface area contributed by atoms with Crippen LogP contribution in [0.1, 0.15) is 6.42 Å². The minimum atomic E-state index is 0.718. The molecular weight excluding hydrogens is 230 g/mol. The summed E-state index contributed by atoms with van der Waals surface area (Å²) in [6.45, 7) is 2.40. The Balaban J connectivity index is 1.71. The average molecular weight is 245 g/mol. The molecule has 0 spiro atoms. The zero-order valence-electron chi connectivity index (χ0n) is 9.84. The number of likely N-dealkylation sites (N-methyl/N-ethyl adjacent to an activating group) is 1. The van der Waals surface area contributed by atoms with Crippen molar-refractivity contribution in [1.29, 1.82) is 0 Å². The first-order valence-corrected chi connectivity index (χ1v) is 6.90. The van der Waals surface area contributed by atoms with E-state index in [0.717, 1.165) is 12.1 Å². The van der Waals surface area contributed by atoms with Crippen LogP contribution in [0.25, 0.3) is 10.1 Å². The van der Waals surface area contributed by atoms with Gasteiger partial charge in [0.25, 0.3) is 0 Å². The molecule has 2 saturated heterocycles. The topological polar surface area (TPSA) is 19.4 Å². The SMILES string of the molecule is CN1C[C@H]2C[C@@H]1CN2c1ccc2cnsc2c1. The lowest BCUT2D eigenvalue weighted by Crippen LogP contribution is -2.44. The van der Waals surface area contributed by atoms with E-state index in [1.807, 2.05) is 6.20 Å². The third-order valence-corrected chi connectivity index (χ3v) is 4.95. The van der Waals surface area contributed by atoms with Gasteiger partial charge < -0.3 is 4.90 Å². The summed E-state index contributed by atoms with van der Waals surface area (Å²) in [4.78, 5) is 5.07. The van der Waals surface area contributed by atoms with Crippen LogP contribution in [0, 0.1) is 0 Å². The molecule has 4 rings (SSSR count). The Morgan fingerprint density at radius 2 is 2.24 bits per heavy atom. The monoisotopic (exact) mass is 245 g/mol. The van der Waals surface area contributed by atoms with Crippen molar-refractivity contribution in [2.24, 2.45) is 0 Å². The highest BCUT2D eigenvalue weighted by atomic mass is 32.1. The van der Waals surface area contributed by atoms with Crippen molar-refractivity contribution in [1.82, 2.24) is 9.27 Å². The summed E-state index contributed by atoms with van der Waals surface area (Å²) in [5.74, 6) is 0. The molecule has 1 aromatic heterocycles. The van der Waals surface area contributed by atoms with Crippen molar-refractivity contribution in [3.05, 3.63) is 24.4 Å². The number of nitrogens with zero attached hydrogens (tertiary/aromatic N) is 3. The fourth-order valence-corrected chi connectivity index (χ4v) is 3.89. The number of hydrogen-bond acceptors (Lipinski definition) is 4. The van der Waals surface area contributed by atoms with Crippen LogP contribution in [0.4, 0.5) is 5.69 Å². The number of aromatic nitrogens is 1. The van der Waals surface area contributed by atoms with Gasteiger partial charge in [-0.2, -0.15) is 4.37 Å². The third-order valence-electron chi connectivity index (χ3n) is 4.19. The van der Waals surface area contributed by atoms with Gasteiger partial charge in [-0.25, -0.2) is 0 Å². The van der Waals surface area contributed by atoms with E-state index < -0.39 is 0 Å². The largest absolute Gasteiger partial charge is 0.366 e. The van der Waals surface area contributed by atoms with Crippen LogP contribution in [0.2, 0.25) is 0 Å². The predicted molar refractivity (Wildman–Crippen MR) is 71.8 cm³/mol. The molecule has 2 aliphatic rings. The number of piperazine rings is 1. The Hall–Kier alpha value is -1.13. The summed E-state index contributed by atoms with van der Waals surface area (Å²) in [6, 6.07) is 8.22. The first kappa shape index (κ1) is 9.85. The minimum Gasteiger partial charge on any atom is -0.366 e. The van der Waals surface area contributed by atoms with Crippen LogP contribution in [0.5, 0.6) is 0 Å². The highest BCUT2D eigenvalue weighted by Gasteiger charge is 2.41. The van der Waals surface area contributed by atoms with Gasteiger partial charge in [0.2, 0.25) is 0 Å². The van der Waals surface area contributed by atoms with E-state index in [1.54, 1.807) is 11.5 Å². The van der Waals surface area contributed by atoms with Crippen molar-refractivity contribution in [3.63, 3.8) is 0 Å². The molecule has 2 aliphatic heterocycles. The minimum absolute atomic E-state index is 0.718. The summed E-state index contributed by atoms with van der Waals surface area (Å²) < 4.78 is 5.55. The van der Waals surface area contributed by atoms with Gasteiger partial charge in [-0.1, -0.05) is 0 Å². The van der Waals surface area contributed by atoms with E-state index in [2.05, 4.69) is 39.4 Å². The molecule has 3 heterocycles. The highest BCUT2D eigenvalue weighted by molar-refractivity contribution is 7.13. The Morgan fingerprint density at radius 3 is 3.00 bits per heavy atom. The molecule has 17 heavy (non-hydrogen) atoms. The molecule has 1 aromatic carbocycles. The fourth-order valence-electron chi connectivity index (χ4n) is 3.21. The first-order chi connectivity index (χ1) is 8.31. The number of benzene rings is 1. The first-order valence-electron chi connectivity index (χ1n) is 6.12. The van der Waals surface area contributed by atoms with Crippen LogP contribution in [-0.2, 0) is 0 Å². The molecule has 0 unspecified atom stereocenters. The van der Waals surface area contributed by atoms with E-state index in [0.29, 0.717) is 0 Å². The smallest absolute Gasteiger partial charge is 0.0570 e. The van der Waals surface area contributed by atoms with Crippen LogP contribution >= 0.6 is 11.5 Å². The van der Waals surface area contributed by atoms with Gasteiger partial charge in [-0.3, -0.25) is 4.90 Å². The fraction of sp³-hybridized carbons (Fsp3) is 0.462. The summed E-state index contributed by atoms with van der Waals surface area (Å²) in [7, 11) is 2.24. The second-order valence-electron chi connectivity index (χ2n) is 5.18. The third kappa shape index (κ3) is 1.40. The van der Waals surface area contributed by atoms with Crippen molar-refractivity contribution < 1.29 is 0 Å². The molecule has 88 valence electrons. The molecule has 0 radical (unpaired) electrons. The maximum absolute atomic E-state index is 4.24. The van der Waals surface area contributed by atoms with E-state index in [9.17, 15) is 0 Å². The van der Waals surface area contributed by atoms with Gasteiger partial charge in [0, 0.05) is 42.4 Å². The number of rotatable bonds is 1. The molecular formula is C13H15N3S. The lowest BCUT2D eigenvalue weighted by atomic mass is 10.2. The van der Waals surface area contributed by atoms with Crippen molar-refractivity contribution in [2.75, 3.05) is 25.0 Å². The van der Waals surface area contributed by atoms with Crippen LogP contribution in [-0.4, -0.2) is 41.5 Å². The van der Waals surface area contributed by atoms with Gasteiger partial charge in [-0.05, 0) is 43.2 Å². The molecule has 2 atom stereocenters. The predicted octanol–water partition coefficient (Wildman–Crippen LogP) is 2.19. The molecule has 0 amide bonds. The molecule has 0 aliphatic carbocycles. The van der Waals surface area contributed by atoms with Crippen LogP contribution < -0.4 is 4.90 Å². The number of hydrogen-bond donors (Lipinski definition) is 0. The lowest BCUT2D eigenvalue weighted by molar-refractivity contribution is 0.292. The Morgan fingerprint density at radius 1 is 1.29 bits per heavy atom. The van der Waals surface area contributed by atoms with Gasteiger partial charge in [0.1, 0.15) is 0 Å². The Bertz CT molecular complexity index is 563. The van der Waals surface area contributed by atoms with Gasteiger partial charge in [0.15, 0.2) is 0 Å². The molecule has 2 fully saturated rings. The zero-order valence-corrected chi connectivity index (χ0v) is 10.7. The van der Waals surface area contributed by atoms with Crippen LogP contribution in [0.15, 0.2) is 24.4 Å². The Kier molecular flexibility index (Phi) is 1.99. The van der Waals surface area contributed by atoms with Gasteiger partial charge in [0.05, 0.1) is 4.70 Å². The number of fused-ring (bicyclic) bond motifs is 3. The number of likely N-dealkylation sites (tertiary alicyclic amines) is 1. The van der Waals surface area contributed by atoms with Gasteiger partial charge in [-0.15, -0.1) is 0 Å². The van der Waals surface area contributed by atoms with Crippen LogP contribution in [0.3, 0.4) is 0 Å². The molecule has 3 nitrogen and oxygen atoms in total. The Labute approximate surface area is 105 Å². The van der Waals surface area contributed by atoms with E-state index in [1.165, 1.54) is 35.3 Å². The normalized spacial score (nSPS) is 28.4. The average Bonchev–Trinajstić information content (AvgIpc) is 3.00. The standard InChI is InChI=1S/C13H15N3S/c1-15-7-12-4-11(15)8-16(12)10-3-2-9-6-14-17-13(9)5-10/h2-3,5-6,11-12H,4,7-8H2,1H3/t11-,12-/m1/s1. The van der Waals surface area contributed by atoms with E-state index >= 15 is 0 Å². The summed E-state index contributed by atoms with van der Waals surface area (Å²) in [5, 5.41) is 1.26. The molecule has 2 aromatic rings. The summed E-state index contributed by atoms with van der Waals surface area (Å²) in [5.41, 5.74) is 1.38. The second-order valence-corrected chi connectivity index (χ2v) is 6.02. The van der Waals surface area contributed by atoms with E-state index in [4.69, 9.17) is 0 Å². The van der Waals surface area contributed by atoms with Crippen molar-refractivity contribution in [3.8, 4) is 0 Å². The molecule has 4 heteroatoms. The maximum atomic E-state index is 4.24. The van der Waals surface area contributed by atoms with Gasteiger partial charge >= 0.3 is 0 Å². The quantitative estimate of drug-likeness (QED) is 0.767. The molecule has 0 N–H and O–H groups in total. The van der Waals surface area contributed by atoms with E-state index in [-0.39, 0.29) is 0 Å². The summed E-state index contributed by atoms with van der Waals surface area (Å²) >= 11 is 1.59. The second kappa shape index (κ2) is 3.43. The zero-order chi connectivity index (χ0) is 11.4. The summed E-state index contributed by atoms with van der Waals surface area (Å²) in [6.07, 6.45) is 3.28. The maximum Gasteiger partial charge on any atom is 0.0570 e. The number of anilines is 1. The lowest BCUT2D eigenvalue weighted by Gasteiger charge is -2.33. The molecule has 0 saturated carbocycles. The van der Waals surface area contributed by atoms with Crippen molar-refractivity contribution >= 4 is 27.3 Å². The highest BCUT2D eigenvalue weighted by Crippen LogP contribution is 2.35.